The number of aromatic nitrogens is 3. The van der Waals surface area contributed by atoms with Crippen LogP contribution in [-0.4, -0.2) is 33.0 Å². The lowest BCUT2D eigenvalue weighted by molar-refractivity contribution is -0.126. The Morgan fingerprint density at radius 2 is 2.15 bits per heavy atom. The zero-order valence-electron chi connectivity index (χ0n) is 14.4. The Hall–Kier alpha value is -3.22. The van der Waals surface area contributed by atoms with Crippen molar-refractivity contribution in [3.63, 3.8) is 0 Å². The first kappa shape index (κ1) is 16.3. The number of nitrogens with one attached hydrogen (secondary N) is 1. The first-order valence-electron chi connectivity index (χ1n) is 8.56. The quantitative estimate of drug-likeness (QED) is 0.781. The van der Waals surface area contributed by atoms with Gasteiger partial charge < -0.3 is 10.2 Å². The molecule has 132 valence electrons. The molecule has 2 atom stereocenters. The van der Waals surface area contributed by atoms with Crippen LogP contribution in [0.2, 0.25) is 0 Å². The molecule has 1 aliphatic rings. The van der Waals surface area contributed by atoms with Gasteiger partial charge in [0.25, 0.3) is 0 Å². The van der Waals surface area contributed by atoms with Crippen LogP contribution >= 0.6 is 0 Å². The number of fused-ring (bicyclic) bond motifs is 1. The molecule has 0 radical (unpaired) electrons. The van der Waals surface area contributed by atoms with Crippen LogP contribution in [0.1, 0.15) is 24.9 Å². The van der Waals surface area contributed by atoms with Crippen molar-refractivity contribution in [3.8, 4) is 0 Å². The third-order valence-electron chi connectivity index (χ3n) is 4.73. The van der Waals surface area contributed by atoms with Crippen LogP contribution in [-0.2, 0) is 9.59 Å². The van der Waals surface area contributed by atoms with Crippen LogP contribution in [0, 0.1) is 5.92 Å². The SMILES string of the molecule is C[C@@H](NC(=O)[C@H]1CC(=O)N(c2cccnc2)C1)c1cnn2ccccc12. The Balaban J connectivity index is 1.46. The van der Waals surface area contributed by atoms with Crippen LogP contribution < -0.4 is 10.2 Å². The summed E-state index contributed by atoms with van der Waals surface area (Å²) in [4.78, 5) is 30.6. The molecule has 3 aromatic rings. The van der Waals surface area contributed by atoms with E-state index >= 15 is 0 Å². The molecule has 2 amide bonds. The highest BCUT2D eigenvalue weighted by Crippen LogP contribution is 2.25. The van der Waals surface area contributed by atoms with Crippen molar-refractivity contribution in [1.29, 1.82) is 0 Å². The molecule has 1 fully saturated rings. The lowest BCUT2D eigenvalue weighted by atomic mass is 10.1. The second-order valence-corrected chi connectivity index (χ2v) is 6.48. The third kappa shape index (κ3) is 2.92. The summed E-state index contributed by atoms with van der Waals surface area (Å²) in [5.74, 6) is -0.540. The number of carbonyl (C=O) groups excluding carboxylic acids is 2. The van der Waals surface area contributed by atoms with E-state index in [-0.39, 0.29) is 30.2 Å². The number of amides is 2. The predicted octanol–water partition coefficient (Wildman–Crippen LogP) is 1.96. The number of hydrogen-bond donors (Lipinski definition) is 1. The van der Waals surface area contributed by atoms with Crippen molar-refractivity contribution in [1.82, 2.24) is 19.9 Å². The van der Waals surface area contributed by atoms with Crippen molar-refractivity contribution < 1.29 is 9.59 Å². The van der Waals surface area contributed by atoms with Gasteiger partial charge in [-0.2, -0.15) is 5.10 Å². The maximum atomic E-state index is 12.7. The van der Waals surface area contributed by atoms with Gasteiger partial charge in [-0.15, -0.1) is 0 Å². The average molecular weight is 349 g/mol. The molecule has 1 aliphatic heterocycles. The van der Waals surface area contributed by atoms with Gasteiger partial charge in [-0.05, 0) is 31.2 Å². The summed E-state index contributed by atoms with van der Waals surface area (Å²) in [6, 6.07) is 9.23. The summed E-state index contributed by atoms with van der Waals surface area (Å²) in [7, 11) is 0. The van der Waals surface area contributed by atoms with Gasteiger partial charge >= 0.3 is 0 Å². The van der Waals surface area contributed by atoms with E-state index in [2.05, 4.69) is 15.4 Å². The second-order valence-electron chi connectivity index (χ2n) is 6.48. The van der Waals surface area contributed by atoms with Gasteiger partial charge in [-0.1, -0.05) is 6.07 Å². The molecule has 0 spiro atoms. The molecule has 1 saturated heterocycles. The fourth-order valence-corrected chi connectivity index (χ4v) is 3.34. The summed E-state index contributed by atoms with van der Waals surface area (Å²) in [5, 5.41) is 7.33. The van der Waals surface area contributed by atoms with Crippen molar-refractivity contribution in [3.05, 3.63) is 60.7 Å². The van der Waals surface area contributed by atoms with E-state index in [1.165, 1.54) is 0 Å². The molecule has 0 saturated carbocycles. The van der Waals surface area contributed by atoms with Crippen LogP contribution in [0.5, 0.6) is 0 Å². The molecule has 1 N–H and O–H groups in total. The van der Waals surface area contributed by atoms with Crippen LogP contribution in [0.4, 0.5) is 5.69 Å². The van der Waals surface area contributed by atoms with E-state index in [1.54, 1.807) is 34.1 Å². The minimum absolute atomic E-state index is 0.0539. The molecule has 26 heavy (non-hydrogen) atoms. The number of rotatable bonds is 4. The Kier molecular flexibility index (Phi) is 4.12. The van der Waals surface area contributed by atoms with Gasteiger partial charge in [0.15, 0.2) is 0 Å². The zero-order valence-corrected chi connectivity index (χ0v) is 14.4. The normalized spacial score (nSPS) is 18.3. The molecule has 4 rings (SSSR count). The van der Waals surface area contributed by atoms with Gasteiger partial charge in [0.2, 0.25) is 11.8 Å². The maximum Gasteiger partial charge on any atom is 0.227 e. The van der Waals surface area contributed by atoms with Gasteiger partial charge in [0.1, 0.15) is 0 Å². The average Bonchev–Trinajstić information content (AvgIpc) is 3.26. The van der Waals surface area contributed by atoms with Crippen LogP contribution in [0.25, 0.3) is 5.52 Å². The molecular formula is C19H19N5O2. The van der Waals surface area contributed by atoms with E-state index in [0.29, 0.717) is 6.54 Å². The fraction of sp³-hybridized carbons (Fsp3) is 0.263. The lowest BCUT2D eigenvalue weighted by Crippen LogP contribution is -2.34. The van der Waals surface area contributed by atoms with Crippen molar-refractivity contribution in [2.24, 2.45) is 5.92 Å². The molecule has 0 bridgehead atoms. The zero-order chi connectivity index (χ0) is 18.1. The fourth-order valence-electron chi connectivity index (χ4n) is 3.34. The number of carbonyl (C=O) groups is 2. The van der Waals surface area contributed by atoms with E-state index in [0.717, 1.165) is 16.8 Å². The van der Waals surface area contributed by atoms with Gasteiger partial charge in [0.05, 0.1) is 35.6 Å². The van der Waals surface area contributed by atoms with E-state index in [4.69, 9.17) is 0 Å². The minimum Gasteiger partial charge on any atom is -0.349 e. The Labute approximate surface area is 150 Å². The molecule has 4 heterocycles. The topological polar surface area (TPSA) is 79.6 Å². The Morgan fingerprint density at radius 3 is 2.96 bits per heavy atom. The summed E-state index contributed by atoms with van der Waals surface area (Å²) >= 11 is 0. The van der Waals surface area contributed by atoms with Crippen LogP contribution in [0.15, 0.2) is 55.1 Å². The van der Waals surface area contributed by atoms with E-state index < -0.39 is 0 Å². The third-order valence-corrected chi connectivity index (χ3v) is 4.73. The highest BCUT2D eigenvalue weighted by molar-refractivity contribution is 6.00. The Bertz CT molecular complexity index is 953. The first-order valence-corrected chi connectivity index (χ1v) is 8.56. The second kappa shape index (κ2) is 6.59. The molecule has 7 heteroatoms. The monoisotopic (exact) mass is 349 g/mol. The maximum absolute atomic E-state index is 12.7. The molecule has 7 nitrogen and oxygen atoms in total. The largest absolute Gasteiger partial charge is 0.349 e. The molecular weight excluding hydrogens is 330 g/mol. The van der Waals surface area contributed by atoms with Crippen molar-refractivity contribution >= 4 is 23.0 Å². The van der Waals surface area contributed by atoms with Crippen LogP contribution in [0.3, 0.4) is 0 Å². The Morgan fingerprint density at radius 1 is 1.27 bits per heavy atom. The molecule has 3 aromatic heterocycles. The molecule has 0 aliphatic carbocycles. The highest BCUT2D eigenvalue weighted by Gasteiger charge is 2.35. The van der Waals surface area contributed by atoms with Gasteiger partial charge in [-0.25, -0.2) is 4.52 Å². The standard InChI is InChI=1S/C19H19N5O2/c1-13(16-11-21-24-8-3-2-6-17(16)24)22-19(26)14-9-18(25)23(12-14)15-5-4-7-20-10-15/h2-8,10-11,13-14H,9,12H2,1H3,(H,22,26)/t13-,14+/m1/s1. The number of hydrogen-bond acceptors (Lipinski definition) is 4. The number of nitrogens with zero attached hydrogens (tertiary/aromatic N) is 4. The lowest BCUT2D eigenvalue weighted by Gasteiger charge is -2.18. The van der Waals surface area contributed by atoms with E-state index in [9.17, 15) is 9.59 Å². The van der Waals surface area contributed by atoms with Gasteiger partial charge in [-0.3, -0.25) is 14.6 Å². The molecule has 0 unspecified atom stereocenters. The predicted molar refractivity (Wildman–Crippen MR) is 96.4 cm³/mol. The number of pyridine rings is 2. The minimum atomic E-state index is -0.369. The first-order chi connectivity index (χ1) is 12.6. The summed E-state index contributed by atoms with van der Waals surface area (Å²) in [6.07, 6.45) is 7.14. The number of anilines is 1. The smallest absolute Gasteiger partial charge is 0.227 e. The summed E-state index contributed by atoms with van der Waals surface area (Å²) in [6.45, 7) is 2.30. The van der Waals surface area contributed by atoms with Gasteiger partial charge in [0, 0.05) is 30.9 Å². The summed E-state index contributed by atoms with van der Waals surface area (Å²) in [5.41, 5.74) is 2.63. The van der Waals surface area contributed by atoms with E-state index in [1.807, 2.05) is 37.4 Å². The van der Waals surface area contributed by atoms with Crippen molar-refractivity contribution in [2.75, 3.05) is 11.4 Å². The van der Waals surface area contributed by atoms with Crippen molar-refractivity contribution in [2.45, 2.75) is 19.4 Å². The molecule has 0 aromatic carbocycles. The summed E-state index contributed by atoms with van der Waals surface area (Å²) < 4.78 is 1.78. The highest BCUT2D eigenvalue weighted by atomic mass is 16.2.